The second-order valence-corrected chi connectivity index (χ2v) is 7.51. The van der Waals surface area contributed by atoms with Crippen molar-refractivity contribution in [1.29, 1.82) is 0 Å². The second kappa shape index (κ2) is 6.40. The van der Waals surface area contributed by atoms with Crippen molar-refractivity contribution in [3.63, 3.8) is 0 Å². The largest absolute Gasteiger partial charge is 0.491 e. The van der Waals surface area contributed by atoms with Gasteiger partial charge in [0, 0.05) is 11.0 Å². The smallest absolute Gasteiger partial charge is 0.478 e. The highest BCUT2D eigenvalue weighted by atomic mass is 79.9. The predicted octanol–water partition coefficient (Wildman–Crippen LogP) is 3.12. The van der Waals surface area contributed by atoms with Gasteiger partial charge < -0.3 is 20.1 Å². The van der Waals surface area contributed by atoms with Crippen LogP contribution in [0.2, 0.25) is 0 Å². The summed E-state index contributed by atoms with van der Waals surface area (Å²) in [4.78, 5) is 11.2. The first-order valence-corrected chi connectivity index (χ1v) is 8.15. The number of rotatable bonds is 4. The van der Waals surface area contributed by atoms with Crippen LogP contribution in [0.3, 0.4) is 0 Å². The SMILES string of the molecule is CC1(C)OB(C(=Cc2cc(Br)cc(C(=O)O)c2)CN)OC1(C)C. The number of benzene rings is 1. The average molecular weight is 382 g/mol. The van der Waals surface area contributed by atoms with Crippen LogP contribution in [0.25, 0.3) is 6.08 Å². The Bertz CT molecular complexity index is 641. The predicted molar refractivity (Wildman–Crippen MR) is 94.2 cm³/mol. The average Bonchev–Trinajstić information content (AvgIpc) is 2.64. The van der Waals surface area contributed by atoms with Gasteiger partial charge in [0.25, 0.3) is 0 Å². The molecule has 0 amide bonds. The number of carbonyl (C=O) groups is 1. The number of aromatic carboxylic acids is 1. The van der Waals surface area contributed by atoms with Gasteiger partial charge in [0.15, 0.2) is 0 Å². The zero-order valence-corrected chi connectivity index (χ0v) is 15.3. The molecule has 0 spiro atoms. The van der Waals surface area contributed by atoms with Gasteiger partial charge in [0.05, 0.1) is 16.8 Å². The summed E-state index contributed by atoms with van der Waals surface area (Å²) in [7, 11) is -0.544. The molecule has 0 unspecified atom stereocenters. The molecule has 0 bridgehead atoms. The summed E-state index contributed by atoms with van der Waals surface area (Å²) in [5, 5.41) is 9.16. The lowest BCUT2D eigenvalue weighted by molar-refractivity contribution is 0.00578. The fourth-order valence-corrected chi connectivity index (χ4v) is 2.76. The zero-order chi connectivity index (χ0) is 17.4. The minimum absolute atomic E-state index is 0.205. The molecule has 1 aliphatic heterocycles. The van der Waals surface area contributed by atoms with Crippen molar-refractivity contribution in [2.24, 2.45) is 5.73 Å². The van der Waals surface area contributed by atoms with Crippen LogP contribution in [-0.4, -0.2) is 35.9 Å². The molecule has 0 aromatic heterocycles. The van der Waals surface area contributed by atoms with Crippen LogP contribution >= 0.6 is 15.9 Å². The van der Waals surface area contributed by atoms with E-state index in [2.05, 4.69) is 15.9 Å². The highest BCUT2D eigenvalue weighted by Gasteiger charge is 2.52. The van der Waals surface area contributed by atoms with Crippen molar-refractivity contribution in [2.75, 3.05) is 6.54 Å². The zero-order valence-electron chi connectivity index (χ0n) is 13.7. The number of hydrogen-bond acceptors (Lipinski definition) is 4. The van der Waals surface area contributed by atoms with Gasteiger partial charge >= 0.3 is 13.1 Å². The lowest BCUT2D eigenvalue weighted by atomic mass is 9.77. The Hall–Kier alpha value is -1.15. The highest BCUT2D eigenvalue weighted by Crippen LogP contribution is 2.38. The molecule has 2 rings (SSSR count). The van der Waals surface area contributed by atoms with Gasteiger partial charge in [-0.3, -0.25) is 0 Å². The van der Waals surface area contributed by atoms with E-state index in [1.165, 1.54) is 0 Å². The molecule has 0 aliphatic carbocycles. The molecular formula is C16H21BBrNO4. The van der Waals surface area contributed by atoms with E-state index in [4.69, 9.17) is 20.1 Å². The minimum Gasteiger partial charge on any atom is -0.478 e. The molecule has 7 heteroatoms. The Morgan fingerprint density at radius 1 is 1.26 bits per heavy atom. The first-order chi connectivity index (χ1) is 10.6. The number of halogens is 1. The van der Waals surface area contributed by atoms with E-state index in [1.54, 1.807) is 12.1 Å². The van der Waals surface area contributed by atoms with Crippen molar-refractivity contribution >= 4 is 35.1 Å². The molecule has 1 aromatic carbocycles. The normalized spacial score (nSPS) is 19.9. The summed E-state index contributed by atoms with van der Waals surface area (Å²) < 4.78 is 12.7. The van der Waals surface area contributed by atoms with E-state index in [1.807, 2.05) is 39.8 Å². The molecule has 1 aliphatic rings. The van der Waals surface area contributed by atoms with Crippen molar-refractivity contribution in [3.05, 3.63) is 39.3 Å². The molecule has 0 radical (unpaired) electrons. The van der Waals surface area contributed by atoms with Crippen LogP contribution in [-0.2, 0) is 9.31 Å². The summed E-state index contributed by atoms with van der Waals surface area (Å²) in [5.41, 5.74) is 6.65. The van der Waals surface area contributed by atoms with Gasteiger partial charge in [-0.25, -0.2) is 4.79 Å². The maximum Gasteiger partial charge on any atom is 0.491 e. The fourth-order valence-electron chi connectivity index (χ4n) is 2.25. The first kappa shape index (κ1) is 18.2. The molecular weight excluding hydrogens is 361 g/mol. The summed E-state index contributed by atoms with van der Waals surface area (Å²) in [5.74, 6) is -0.981. The van der Waals surface area contributed by atoms with Crippen molar-refractivity contribution < 1.29 is 19.2 Å². The minimum atomic E-state index is -0.981. The van der Waals surface area contributed by atoms with E-state index >= 15 is 0 Å². The Morgan fingerprint density at radius 2 is 1.83 bits per heavy atom. The van der Waals surface area contributed by atoms with Crippen LogP contribution < -0.4 is 5.73 Å². The summed E-state index contributed by atoms with van der Waals surface area (Å²) in [6.45, 7) is 8.16. The van der Waals surface area contributed by atoms with E-state index in [0.717, 1.165) is 11.0 Å². The molecule has 1 saturated heterocycles. The molecule has 1 heterocycles. The number of carboxylic acids is 1. The van der Waals surface area contributed by atoms with Crippen LogP contribution in [0.1, 0.15) is 43.6 Å². The van der Waals surface area contributed by atoms with Crippen molar-refractivity contribution in [2.45, 2.75) is 38.9 Å². The lowest BCUT2D eigenvalue weighted by Gasteiger charge is -2.32. The highest BCUT2D eigenvalue weighted by molar-refractivity contribution is 9.10. The van der Waals surface area contributed by atoms with E-state index in [-0.39, 0.29) is 12.1 Å². The molecule has 1 fully saturated rings. The summed E-state index contributed by atoms with van der Waals surface area (Å²) >= 11 is 3.33. The molecule has 5 nitrogen and oxygen atoms in total. The van der Waals surface area contributed by atoms with E-state index < -0.39 is 24.3 Å². The van der Waals surface area contributed by atoms with Crippen molar-refractivity contribution in [1.82, 2.24) is 0 Å². The first-order valence-electron chi connectivity index (χ1n) is 7.36. The number of hydrogen-bond donors (Lipinski definition) is 2. The van der Waals surface area contributed by atoms with Gasteiger partial charge in [0.1, 0.15) is 0 Å². The quantitative estimate of drug-likeness (QED) is 0.783. The van der Waals surface area contributed by atoms with Gasteiger partial charge in [0.2, 0.25) is 0 Å². The topological polar surface area (TPSA) is 81.8 Å². The molecule has 0 saturated carbocycles. The Morgan fingerprint density at radius 3 is 2.30 bits per heavy atom. The van der Waals surface area contributed by atoms with E-state index in [9.17, 15) is 4.79 Å². The van der Waals surface area contributed by atoms with Gasteiger partial charge in [-0.05, 0) is 56.9 Å². The van der Waals surface area contributed by atoms with Crippen LogP contribution in [0.5, 0.6) is 0 Å². The number of carboxylic acid groups (broad SMARTS) is 1. The Labute approximate surface area is 145 Å². The molecule has 3 N–H and O–H groups in total. The number of nitrogens with two attached hydrogens (primary N) is 1. The van der Waals surface area contributed by atoms with Crippen molar-refractivity contribution in [3.8, 4) is 0 Å². The maximum atomic E-state index is 11.2. The van der Waals surface area contributed by atoms with Gasteiger partial charge in [-0.1, -0.05) is 22.0 Å². The second-order valence-electron chi connectivity index (χ2n) is 6.59. The maximum absolute atomic E-state index is 11.2. The van der Waals surface area contributed by atoms with E-state index in [0.29, 0.717) is 4.47 Å². The third-order valence-electron chi connectivity index (χ3n) is 4.31. The third kappa shape index (κ3) is 3.85. The van der Waals surface area contributed by atoms with Gasteiger partial charge in [-0.15, -0.1) is 0 Å². The molecule has 23 heavy (non-hydrogen) atoms. The van der Waals surface area contributed by atoms with Crippen LogP contribution in [0.15, 0.2) is 28.1 Å². The molecule has 1 aromatic rings. The lowest BCUT2D eigenvalue weighted by Crippen LogP contribution is -2.41. The molecule has 0 atom stereocenters. The molecule has 124 valence electrons. The third-order valence-corrected chi connectivity index (χ3v) is 4.77. The van der Waals surface area contributed by atoms with Crippen LogP contribution in [0, 0.1) is 0 Å². The monoisotopic (exact) mass is 381 g/mol. The summed E-state index contributed by atoms with van der Waals surface area (Å²) in [6, 6.07) is 4.97. The van der Waals surface area contributed by atoms with Gasteiger partial charge in [-0.2, -0.15) is 0 Å². The fraction of sp³-hybridized carbons (Fsp3) is 0.438. The Kier molecular flexibility index (Phi) is 5.06. The standard InChI is InChI=1S/C16H21BBrNO4/c1-15(2)16(3,4)23-17(22-15)12(9-19)6-10-5-11(14(20)21)8-13(18)7-10/h5-8H,9,19H2,1-4H3,(H,20,21). The van der Waals surface area contributed by atoms with Crippen LogP contribution in [0.4, 0.5) is 0 Å². The summed E-state index contributed by atoms with van der Waals surface area (Å²) in [6.07, 6.45) is 1.82. The Balaban J connectivity index is 2.35.